The van der Waals surface area contributed by atoms with E-state index in [2.05, 4.69) is 18.8 Å². The van der Waals surface area contributed by atoms with E-state index in [0.29, 0.717) is 31.1 Å². The van der Waals surface area contributed by atoms with Crippen LogP contribution in [0.1, 0.15) is 31.1 Å². The lowest BCUT2D eigenvalue weighted by molar-refractivity contribution is 0.0526. The molecule has 0 unspecified atom stereocenters. The molecule has 0 fully saturated rings. The number of nitrogens with zero attached hydrogens (tertiary/aromatic N) is 2. The minimum absolute atomic E-state index is 0.0434. The van der Waals surface area contributed by atoms with Crippen LogP contribution in [0.2, 0.25) is 0 Å². The highest BCUT2D eigenvalue weighted by Crippen LogP contribution is 2.22. The number of hydrogen-bond donors (Lipinski definition) is 1. The van der Waals surface area contributed by atoms with Gasteiger partial charge >= 0.3 is 5.97 Å². The number of hydrogen-bond acceptors (Lipinski definition) is 5. The molecule has 19 heavy (non-hydrogen) atoms. The van der Waals surface area contributed by atoms with Crippen LogP contribution in [-0.2, 0) is 4.74 Å². The summed E-state index contributed by atoms with van der Waals surface area (Å²) in [7, 11) is 1.91. The van der Waals surface area contributed by atoms with E-state index in [4.69, 9.17) is 10.5 Å². The van der Waals surface area contributed by atoms with Crippen LogP contribution in [0.15, 0.2) is 18.3 Å². The number of esters is 1. The van der Waals surface area contributed by atoms with E-state index in [1.54, 1.807) is 25.3 Å². The van der Waals surface area contributed by atoms with Crippen LogP contribution in [0.4, 0.5) is 5.82 Å². The highest BCUT2D eigenvalue weighted by Gasteiger charge is 2.22. The molecule has 5 heteroatoms. The molecule has 0 aliphatic carbocycles. The minimum atomic E-state index is -0.344. The maximum Gasteiger partial charge on any atom is 0.341 e. The topological polar surface area (TPSA) is 68.5 Å². The number of rotatable bonds is 6. The second-order valence-corrected chi connectivity index (χ2v) is 5.32. The van der Waals surface area contributed by atoms with E-state index in [9.17, 15) is 4.79 Å². The predicted molar refractivity (Wildman–Crippen MR) is 76.3 cm³/mol. The smallest absolute Gasteiger partial charge is 0.341 e. The summed E-state index contributed by atoms with van der Waals surface area (Å²) in [6, 6.07) is 3.46. The zero-order valence-electron chi connectivity index (χ0n) is 12.1. The Kier molecular flexibility index (Phi) is 5.30. The first-order chi connectivity index (χ1) is 8.91. The van der Waals surface area contributed by atoms with E-state index in [-0.39, 0.29) is 11.4 Å². The molecule has 1 aromatic rings. The van der Waals surface area contributed by atoms with Crippen LogP contribution in [-0.4, -0.2) is 37.7 Å². The number of nitrogens with two attached hydrogens (primary N) is 1. The molecular weight excluding hydrogens is 242 g/mol. The summed E-state index contributed by atoms with van der Waals surface area (Å²) >= 11 is 0. The van der Waals surface area contributed by atoms with Gasteiger partial charge in [-0.25, -0.2) is 9.78 Å². The Morgan fingerprint density at radius 1 is 1.53 bits per heavy atom. The van der Waals surface area contributed by atoms with Gasteiger partial charge in [0.15, 0.2) is 0 Å². The van der Waals surface area contributed by atoms with E-state index >= 15 is 0 Å². The van der Waals surface area contributed by atoms with Gasteiger partial charge in [-0.1, -0.05) is 13.8 Å². The molecule has 5 nitrogen and oxygen atoms in total. The Bertz CT molecular complexity index is 432. The van der Waals surface area contributed by atoms with Crippen molar-refractivity contribution in [1.82, 2.24) is 4.98 Å². The molecule has 1 rings (SSSR count). The standard InChI is InChI=1S/C14H23N3O2/c1-5-19-13(18)11-7-6-8-16-12(11)17(4)10-14(2,3)9-15/h6-8H,5,9-10,15H2,1-4H3. The van der Waals surface area contributed by atoms with Crippen molar-refractivity contribution in [1.29, 1.82) is 0 Å². The zero-order valence-corrected chi connectivity index (χ0v) is 12.1. The van der Waals surface area contributed by atoms with Crippen molar-refractivity contribution in [3.63, 3.8) is 0 Å². The quantitative estimate of drug-likeness (QED) is 0.793. The normalized spacial score (nSPS) is 11.2. The van der Waals surface area contributed by atoms with Gasteiger partial charge in [0.25, 0.3) is 0 Å². The van der Waals surface area contributed by atoms with Crippen LogP contribution in [0, 0.1) is 5.41 Å². The molecule has 0 saturated heterocycles. The highest BCUT2D eigenvalue weighted by molar-refractivity contribution is 5.94. The number of anilines is 1. The third kappa shape index (κ3) is 4.21. The summed E-state index contributed by atoms with van der Waals surface area (Å²) in [5.41, 5.74) is 6.18. The van der Waals surface area contributed by atoms with Gasteiger partial charge in [-0.05, 0) is 31.0 Å². The fourth-order valence-electron chi connectivity index (χ4n) is 1.85. The Balaban J connectivity index is 2.97. The van der Waals surface area contributed by atoms with Crippen molar-refractivity contribution >= 4 is 11.8 Å². The summed E-state index contributed by atoms with van der Waals surface area (Å²) in [4.78, 5) is 18.1. The number of carbonyl (C=O) groups is 1. The average molecular weight is 265 g/mol. The lowest BCUT2D eigenvalue weighted by Crippen LogP contribution is -2.37. The number of ether oxygens (including phenoxy) is 1. The highest BCUT2D eigenvalue weighted by atomic mass is 16.5. The molecule has 0 amide bonds. The predicted octanol–water partition coefficient (Wildman–Crippen LogP) is 1.68. The van der Waals surface area contributed by atoms with Crippen molar-refractivity contribution in [2.75, 3.05) is 31.6 Å². The lowest BCUT2D eigenvalue weighted by atomic mass is 9.93. The summed E-state index contributed by atoms with van der Waals surface area (Å²) in [6.07, 6.45) is 1.67. The SMILES string of the molecule is CCOC(=O)c1cccnc1N(C)CC(C)(C)CN. The fourth-order valence-corrected chi connectivity index (χ4v) is 1.85. The molecule has 1 aromatic heterocycles. The fraction of sp³-hybridized carbons (Fsp3) is 0.571. The zero-order chi connectivity index (χ0) is 14.5. The third-order valence-corrected chi connectivity index (χ3v) is 2.86. The third-order valence-electron chi connectivity index (χ3n) is 2.86. The summed E-state index contributed by atoms with van der Waals surface area (Å²) in [5.74, 6) is 0.283. The molecule has 106 valence electrons. The number of carbonyl (C=O) groups excluding carboxylic acids is 1. The van der Waals surface area contributed by atoms with Crippen molar-refractivity contribution in [3.8, 4) is 0 Å². The van der Waals surface area contributed by atoms with Gasteiger partial charge in [-0.15, -0.1) is 0 Å². The Morgan fingerprint density at radius 2 is 2.21 bits per heavy atom. The molecule has 0 saturated carbocycles. The van der Waals surface area contributed by atoms with Gasteiger partial charge in [0, 0.05) is 19.8 Å². The first-order valence-corrected chi connectivity index (χ1v) is 6.44. The molecule has 0 radical (unpaired) electrons. The molecular formula is C14H23N3O2. The Labute approximate surface area is 114 Å². The number of aromatic nitrogens is 1. The van der Waals surface area contributed by atoms with Crippen molar-refractivity contribution < 1.29 is 9.53 Å². The first-order valence-electron chi connectivity index (χ1n) is 6.44. The molecule has 0 atom stereocenters. The molecule has 0 aliphatic heterocycles. The van der Waals surface area contributed by atoms with Crippen molar-refractivity contribution in [3.05, 3.63) is 23.9 Å². The summed E-state index contributed by atoms with van der Waals surface area (Å²) in [6.45, 7) is 7.58. The van der Waals surface area contributed by atoms with Crippen molar-refractivity contribution in [2.24, 2.45) is 11.1 Å². The molecule has 0 spiro atoms. The average Bonchev–Trinajstić information content (AvgIpc) is 2.38. The van der Waals surface area contributed by atoms with Crippen LogP contribution in [0.25, 0.3) is 0 Å². The van der Waals surface area contributed by atoms with Crippen LogP contribution < -0.4 is 10.6 Å². The largest absolute Gasteiger partial charge is 0.462 e. The molecule has 0 aromatic carbocycles. The van der Waals surface area contributed by atoms with Gasteiger partial charge in [0.1, 0.15) is 11.4 Å². The van der Waals surface area contributed by atoms with Gasteiger partial charge in [-0.2, -0.15) is 0 Å². The Morgan fingerprint density at radius 3 is 2.79 bits per heavy atom. The minimum Gasteiger partial charge on any atom is -0.462 e. The van der Waals surface area contributed by atoms with Gasteiger partial charge in [0.2, 0.25) is 0 Å². The van der Waals surface area contributed by atoms with Crippen molar-refractivity contribution in [2.45, 2.75) is 20.8 Å². The maximum atomic E-state index is 11.9. The Hall–Kier alpha value is -1.62. The second-order valence-electron chi connectivity index (χ2n) is 5.32. The van der Waals surface area contributed by atoms with E-state index in [1.165, 1.54) is 0 Å². The number of pyridine rings is 1. The van der Waals surface area contributed by atoms with Gasteiger partial charge < -0.3 is 15.4 Å². The molecule has 0 bridgehead atoms. The van der Waals surface area contributed by atoms with Gasteiger partial charge in [-0.3, -0.25) is 0 Å². The molecule has 1 heterocycles. The van der Waals surface area contributed by atoms with Gasteiger partial charge in [0.05, 0.1) is 6.61 Å². The van der Waals surface area contributed by atoms with Crippen LogP contribution >= 0.6 is 0 Å². The molecule has 0 aliphatic rings. The van der Waals surface area contributed by atoms with E-state index in [1.807, 2.05) is 11.9 Å². The molecule has 2 N–H and O–H groups in total. The van der Waals surface area contributed by atoms with E-state index < -0.39 is 0 Å². The first kappa shape index (κ1) is 15.4. The lowest BCUT2D eigenvalue weighted by Gasteiger charge is -2.30. The van der Waals surface area contributed by atoms with E-state index in [0.717, 1.165) is 0 Å². The summed E-state index contributed by atoms with van der Waals surface area (Å²) < 4.78 is 5.04. The van der Waals surface area contributed by atoms with Crippen LogP contribution in [0.3, 0.4) is 0 Å². The monoisotopic (exact) mass is 265 g/mol. The maximum absolute atomic E-state index is 11.9. The summed E-state index contributed by atoms with van der Waals surface area (Å²) in [5, 5.41) is 0. The second kappa shape index (κ2) is 6.52. The van der Waals surface area contributed by atoms with Crippen LogP contribution in [0.5, 0.6) is 0 Å².